The van der Waals surface area contributed by atoms with E-state index in [2.05, 4.69) is 17.3 Å². The summed E-state index contributed by atoms with van der Waals surface area (Å²) in [5.74, 6) is -0.304. The van der Waals surface area contributed by atoms with Gasteiger partial charge in [0.15, 0.2) is 0 Å². The number of likely N-dealkylation sites (tertiary alicyclic amines) is 1. The second kappa shape index (κ2) is 6.32. The first kappa shape index (κ1) is 18.3. The van der Waals surface area contributed by atoms with Gasteiger partial charge < -0.3 is 15.3 Å². The van der Waals surface area contributed by atoms with E-state index >= 15 is 0 Å². The van der Waals surface area contributed by atoms with E-state index in [9.17, 15) is 14.7 Å². The number of thioether (sulfide) groups is 1. The first-order chi connectivity index (χ1) is 11.7. The Morgan fingerprint density at radius 2 is 2.24 bits per heavy atom. The Morgan fingerprint density at radius 1 is 1.52 bits per heavy atom. The summed E-state index contributed by atoms with van der Waals surface area (Å²) in [6.45, 7) is 9.93. The number of aliphatic hydroxyl groups excluding tert-OH is 1. The van der Waals surface area contributed by atoms with Crippen molar-refractivity contribution in [1.29, 1.82) is 0 Å². The van der Waals surface area contributed by atoms with Crippen LogP contribution in [-0.2, 0) is 9.59 Å². The van der Waals surface area contributed by atoms with Crippen molar-refractivity contribution in [2.24, 2.45) is 5.41 Å². The van der Waals surface area contributed by atoms with Gasteiger partial charge in [0, 0.05) is 25.1 Å². The van der Waals surface area contributed by atoms with E-state index in [1.807, 2.05) is 26.8 Å². The number of rotatable bonds is 5. The van der Waals surface area contributed by atoms with E-state index < -0.39 is 12.1 Å². The third-order valence-electron chi connectivity index (χ3n) is 4.80. The summed E-state index contributed by atoms with van der Waals surface area (Å²) in [7, 11) is 0. The molecule has 2 heterocycles. The van der Waals surface area contributed by atoms with E-state index in [1.54, 1.807) is 17.8 Å². The quantitative estimate of drug-likeness (QED) is 0.737. The Hall–Kier alpha value is -1.53. The van der Waals surface area contributed by atoms with Crippen molar-refractivity contribution in [2.45, 2.75) is 56.9 Å². The minimum absolute atomic E-state index is 0.0818. The van der Waals surface area contributed by atoms with Crippen molar-refractivity contribution < 1.29 is 14.7 Å². The number of nitrogens with one attached hydrogen (secondary N) is 1. The molecule has 5 nitrogen and oxygen atoms in total. The van der Waals surface area contributed by atoms with Crippen LogP contribution in [0.5, 0.6) is 0 Å². The fourth-order valence-electron chi connectivity index (χ4n) is 3.43. The van der Waals surface area contributed by atoms with Gasteiger partial charge in [-0.25, -0.2) is 0 Å². The fraction of sp³-hybridized carbons (Fsp3) is 0.579. The first-order valence-corrected chi connectivity index (χ1v) is 9.53. The molecule has 2 N–H and O–H groups in total. The Balaban J connectivity index is 1.71. The van der Waals surface area contributed by atoms with Gasteiger partial charge in [-0.2, -0.15) is 0 Å². The van der Waals surface area contributed by atoms with Crippen molar-refractivity contribution in [3.8, 4) is 0 Å². The molecule has 0 aromatic heterocycles. The number of carbonyl (C=O) groups excluding carboxylic acids is 2. The number of hydrogen-bond acceptors (Lipinski definition) is 4. The normalized spacial score (nSPS) is 31.0. The van der Waals surface area contributed by atoms with Gasteiger partial charge in [0.25, 0.3) is 0 Å². The molecule has 0 radical (unpaired) electrons. The van der Waals surface area contributed by atoms with Crippen LogP contribution in [-0.4, -0.2) is 45.3 Å². The lowest BCUT2D eigenvalue weighted by molar-refractivity contribution is -0.139. The van der Waals surface area contributed by atoms with Crippen LogP contribution in [0, 0.1) is 5.41 Å². The zero-order chi connectivity index (χ0) is 18.4. The van der Waals surface area contributed by atoms with Crippen molar-refractivity contribution >= 4 is 23.6 Å². The van der Waals surface area contributed by atoms with E-state index in [0.29, 0.717) is 6.42 Å². The predicted octanol–water partition coefficient (Wildman–Crippen LogP) is 2.34. The molecule has 0 aromatic rings. The summed E-state index contributed by atoms with van der Waals surface area (Å²) in [5.41, 5.74) is 2.01. The summed E-state index contributed by atoms with van der Waals surface area (Å²) in [4.78, 5) is 27.0. The SMILES string of the molecule is C=C/C=C(\NC(=O)C1CC(O)CN1C(=O)CC(C)(C)C)[C@@]12CC1=CS2. The maximum absolute atomic E-state index is 12.8. The maximum Gasteiger partial charge on any atom is 0.247 e. The van der Waals surface area contributed by atoms with Gasteiger partial charge in [-0.1, -0.05) is 33.4 Å². The molecule has 2 amide bonds. The lowest BCUT2D eigenvalue weighted by Gasteiger charge is -2.29. The highest BCUT2D eigenvalue weighted by Gasteiger charge is 2.58. The number of nitrogens with zero attached hydrogens (tertiary/aromatic N) is 1. The molecule has 136 valence electrons. The molecule has 25 heavy (non-hydrogen) atoms. The average molecular weight is 362 g/mol. The number of allylic oxidation sites excluding steroid dienone is 2. The Morgan fingerprint density at radius 3 is 2.72 bits per heavy atom. The molecule has 2 unspecified atom stereocenters. The Bertz CT molecular complexity index is 673. The first-order valence-electron chi connectivity index (χ1n) is 8.65. The molecule has 2 aliphatic heterocycles. The molecule has 3 rings (SSSR count). The highest BCUT2D eigenvalue weighted by atomic mass is 32.2. The van der Waals surface area contributed by atoms with Gasteiger partial charge in [0.05, 0.1) is 10.9 Å². The number of carbonyl (C=O) groups is 2. The highest BCUT2D eigenvalue weighted by molar-refractivity contribution is 8.06. The third kappa shape index (κ3) is 3.55. The monoisotopic (exact) mass is 362 g/mol. The standard InChI is InChI=1S/C19H26N2O3S/c1-5-6-15(19-8-12(19)11-25-19)20-17(24)14-7-13(22)10-21(14)16(23)9-18(2,3)4/h5-6,11,13-14,22H,1,7-10H2,2-4H3,(H,20,24)/b15-6-/t13?,14?,19-/m1/s1. The fourth-order valence-corrected chi connectivity index (χ4v) is 4.57. The largest absolute Gasteiger partial charge is 0.391 e. The molecular weight excluding hydrogens is 336 g/mol. The molecular formula is C19H26N2O3S. The van der Waals surface area contributed by atoms with Gasteiger partial charge in [-0.15, -0.1) is 11.8 Å². The molecule has 1 saturated carbocycles. The van der Waals surface area contributed by atoms with E-state index in [-0.39, 0.29) is 34.9 Å². The van der Waals surface area contributed by atoms with Crippen LogP contribution >= 0.6 is 11.8 Å². The lowest BCUT2D eigenvalue weighted by Crippen LogP contribution is -2.47. The van der Waals surface area contributed by atoms with Gasteiger partial charge in [0.2, 0.25) is 11.8 Å². The third-order valence-corrected chi connectivity index (χ3v) is 6.23. The van der Waals surface area contributed by atoms with E-state index in [4.69, 9.17) is 0 Å². The molecule has 3 aliphatic rings. The number of amides is 2. The van der Waals surface area contributed by atoms with Crippen LogP contribution in [0.15, 0.2) is 35.4 Å². The Kier molecular flexibility index (Phi) is 4.62. The zero-order valence-electron chi connectivity index (χ0n) is 15.0. The number of hydrogen-bond donors (Lipinski definition) is 2. The van der Waals surface area contributed by atoms with Crippen LogP contribution in [0.2, 0.25) is 0 Å². The van der Waals surface area contributed by atoms with Crippen LogP contribution in [0.1, 0.15) is 40.0 Å². The second-order valence-corrected chi connectivity index (χ2v) is 9.43. The van der Waals surface area contributed by atoms with Crippen molar-refractivity contribution in [1.82, 2.24) is 10.2 Å². The van der Waals surface area contributed by atoms with Crippen LogP contribution in [0.4, 0.5) is 0 Å². The minimum Gasteiger partial charge on any atom is -0.391 e. The zero-order valence-corrected chi connectivity index (χ0v) is 15.9. The van der Waals surface area contributed by atoms with Crippen LogP contribution in [0.3, 0.4) is 0 Å². The number of aliphatic hydroxyl groups is 1. The molecule has 1 saturated heterocycles. The lowest BCUT2D eigenvalue weighted by atomic mass is 9.91. The molecule has 1 aliphatic carbocycles. The van der Waals surface area contributed by atoms with E-state index in [1.165, 1.54) is 10.5 Å². The smallest absolute Gasteiger partial charge is 0.247 e. The predicted molar refractivity (Wildman–Crippen MR) is 99.6 cm³/mol. The number of fused-ring (bicyclic) bond motifs is 1. The second-order valence-electron chi connectivity index (χ2n) is 8.26. The highest BCUT2D eigenvalue weighted by Crippen LogP contribution is 2.67. The Labute approximate surface area is 153 Å². The van der Waals surface area contributed by atoms with Crippen molar-refractivity contribution in [3.63, 3.8) is 0 Å². The summed E-state index contributed by atoms with van der Waals surface area (Å²) in [5, 5.41) is 15.1. The topological polar surface area (TPSA) is 69.6 Å². The molecule has 2 fully saturated rings. The molecule has 0 aromatic carbocycles. The van der Waals surface area contributed by atoms with Crippen molar-refractivity contribution in [3.05, 3.63) is 35.4 Å². The van der Waals surface area contributed by atoms with Gasteiger partial charge in [-0.3, -0.25) is 9.59 Å². The summed E-state index contributed by atoms with van der Waals surface area (Å²) >= 11 is 1.71. The van der Waals surface area contributed by atoms with Crippen LogP contribution in [0.25, 0.3) is 0 Å². The molecule has 3 atom stereocenters. The molecule has 6 heteroatoms. The van der Waals surface area contributed by atoms with Gasteiger partial charge in [0.1, 0.15) is 6.04 Å². The average Bonchev–Trinajstić information content (AvgIpc) is 2.83. The molecule has 0 spiro atoms. The van der Waals surface area contributed by atoms with Gasteiger partial charge in [-0.05, 0) is 28.9 Å². The summed E-state index contributed by atoms with van der Waals surface area (Å²) in [6, 6.07) is -0.620. The minimum atomic E-state index is -0.654. The van der Waals surface area contributed by atoms with Crippen molar-refractivity contribution in [2.75, 3.05) is 6.54 Å². The number of β-amino-alcohol motifs (C(OH)–C–C–N with tert-alkyl or cyclic N) is 1. The van der Waals surface area contributed by atoms with Gasteiger partial charge >= 0.3 is 0 Å². The van der Waals surface area contributed by atoms with Crippen LogP contribution < -0.4 is 5.32 Å². The molecule has 0 bridgehead atoms. The maximum atomic E-state index is 12.8. The summed E-state index contributed by atoms with van der Waals surface area (Å²) < 4.78 is -0.0820. The summed E-state index contributed by atoms with van der Waals surface area (Å²) in [6.07, 6.45) is 4.44. The van der Waals surface area contributed by atoms with E-state index in [0.717, 1.165) is 12.1 Å².